The third-order valence-electron chi connectivity index (χ3n) is 3.77. The molecule has 0 saturated heterocycles. The quantitative estimate of drug-likeness (QED) is 0.513. The molecule has 1 aromatic carbocycles. The Morgan fingerprint density at radius 3 is 1.69 bits per heavy atom. The molecule has 1 rings (SSSR count). The Labute approximate surface area is 164 Å². The summed E-state index contributed by atoms with van der Waals surface area (Å²) in [7, 11) is 6.31. The zero-order valence-electron chi connectivity index (χ0n) is 15.7. The van der Waals surface area contributed by atoms with E-state index in [9.17, 15) is 9.59 Å². The molecule has 1 aromatic rings. The maximum absolute atomic E-state index is 11.6. The van der Waals surface area contributed by atoms with Gasteiger partial charge in [0, 0.05) is 23.0 Å². The molecular formula is C18H28N2O4S2. The zero-order valence-corrected chi connectivity index (χ0v) is 17.4. The Hall–Kier alpha value is -1.22. The Morgan fingerprint density at radius 2 is 1.35 bits per heavy atom. The lowest BCUT2D eigenvalue weighted by molar-refractivity contribution is -0.143. The van der Waals surface area contributed by atoms with E-state index in [0.717, 1.165) is 11.5 Å². The second-order valence-electron chi connectivity index (χ2n) is 5.58. The van der Waals surface area contributed by atoms with E-state index in [1.54, 1.807) is 37.6 Å². The van der Waals surface area contributed by atoms with Crippen LogP contribution in [-0.2, 0) is 30.6 Å². The predicted molar refractivity (Wildman–Crippen MR) is 108 cm³/mol. The van der Waals surface area contributed by atoms with E-state index < -0.39 is 0 Å². The average Bonchev–Trinajstić information content (AvgIpc) is 2.67. The lowest BCUT2D eigenvalue weighted by atomic mass is 10.2. The largest absolute Gasteiger partial charge is 0.468 e. The van der Waals surface area contributed by atoms with Gasteiger partial charge in [-0.05, 0) is 25.2 Å². The van der Waals surface area contributed by atoms with Gasteiger partial charge < -0.3 is 20.1 Å². The minimum Gasteiger partial charge on any atom is -0.468 e. The number of carbonyl (C=O) groups excluding carboxylic acids is 2. The van der Waals surface area contributed by atoms with Crippen molar-refractivity contribution in [2.24, 2.45) is 0 Å². The van der Waals surface area contributed by atoms with Crippen LogP contribution >= 0.6 is 23.5 Å². The van der Waals surface area contributed by atoms with Gasteiger partial charge in [0.25, 0.3) is 0 Å². The Morgan fingerprint density at radius 1 is 0.923 bits per heavy atom. The van der Waals surface area contributed by atoms with E-state index in [-0.39, 0.29) is 24.0 Å². The fourth-order valence-electron chi connectivity index (χ4n) is 2.22. The molecule has 0 amide bonds. The van der Waals surface area contributed by atoms with Gasteiger partial charge in [-0.2, -0.15) is 23.5 Å². The van der Waals surface area contributed by atoms with Gasteiger partial charge in [0.2, 0.25) is 0 Å². The number of likely N-dealkylation sites (N-methyl/N-ethyl adjacent to an activating group) is 2. The number of hydrogen-bond acceptors (Lipinski definition) is 8. The SMILES string of the molecule is CNC(CSCc1cccc(CSCC(NC)C(=O)OC)c1)C(=O)OC. The highest BCUT2D eigenvalue weighted by Gasteiger charge is 2.17. The molecule has 2 unspecified atom stereocenters. The van der Waals surface area contributed by atoms with Crippen LogP contribution in [0.1, 0.15) is 11.1 Å². The molecule has 0 aromatic heterocycles. The molecule has 0 heterocycles. The Kier molecular flexibility index (Phi) is 11.4. The van der Waals surface area contributed by atoms with Crippen LogP contribution < -0.4 is 10.6 Å². The standard InChI is InChI=1S/C18H28N2O4S2/c1-19-15(17(21)23-3)11-25-9-13-6-5-7-14(8-13)10-26-12-16(20-2)18(22)24-4/h5-8,15-16,19-20H,9-12H2,1-4H3. The van der Waals surface area contributed by atoms with E-state index in [0.29, 0.717) is 11.5 Å². The third-order valence-corrected chi connectivity index (χ3v) is 5.98. The van der Waals surface area contributed by atoms with Crippen LogP contribution in [0.25, 0.3) is 0 Å². The van der Waals surface area contributed by atoms with Crippen molar-refractivity contribution in [3.63, 3.8) is 0 Å². The lowest BCUT2D eigenvalue weighted by Gasteiger charge is -2.14. The van der Waals surface area contributed by atoms with Gasteiger partial charge in [0.15, 0.2) is 0 Å². The smallest absolute Gasteiger partial charge is 0.323 e. The number of thioether (sulfide) groups is 2. The van der Waals surface area contributed by atoms with Crippen molar-refractivity contribution in [2.45, 2.75) is 23.6 Å². The highest BCUT2D eigenvalue weighted by atomic mass is 32.2. The van der Waals surface area contributed by atoms with Crippen molar-refractivity contribution in [3.05, 3.63) is 35.4 Å². The van der Waals surface area contributed by atoms with Crippen LogP contribution in [0.3, 0.4) is 0 Å². The highest BCUT2D eigenvalue weighted by molar-refractivity contribution is 7.98. The number of rotatable bonds is 12. The van der Waals surface area contributed by atoms with Crippen molar-refractivity contribution in [1.29, 1.82) is 0 Å². The summed E-state index contributed by atoms with van der Waals surface area (Å²) in [5.41, 5.74) is 2.43. The fourth-order valence-corrected chi connectivity index (χ4v) is 4.36. The number of esters is 2. The summed E-state index contributed by atoms with van der Waals surface area (Å²) >= 11 is 3.38. The van der Waals surface area contributed by atoms with E-state index >= 15 is 0 Å². The number of hydrogen-bond donors (Lipinski definition) is 2. The van der Waals surface area contributed by atoms with Gasteiger partial charge in [0.1, 0.15) is 12.1 Å². The van der Waals surface area contributed by atoms with Gasteiger partial charge >= 0.3 is 11.9 Å². The number of methoxy groups -OCH3 is 2. The molecule has 0 fully saturated rings. The molecule has 2 atom stereocenters. The highest BCUT2D eigenvalue weighted by Crippen LogP contribution is 2.19. The van der Waals surface area contributed by atoms with E-state index in [1.165, 1.54) is 25.3 Å². The van der Waals surface area contributed by atoms with E-state index in [2.05, 4.69) is 28.8 Å². The van der Waals surface area contributed by atoms with Gasteiger partial charge in [0.05, 0.1) is 14.2 Å². The van der Waals surface area contributed by atoms with Crippen LogP contribution in [0.2, 0.25) is 0 Å². The maximum Gasteiger partial charge on any atom is 0.323 e. The molecule has 0 aliphatic carbocycles. The molecule has 0 aliphatic heterocycles. The van der Waals surface area contributed by atoms with Gasteiger partial charge in [-0.25, -0.2) is 0 Å². The molecule has 8 heteroatoms. The monoisotopic (exact) mass is 400 g/mol. The summed E-state index contributed by atoms with van der Waals surface area (Å²) in [5.74, 6) is 2.49. The molecule has 0 saturated carbocycles. The molecule has 0 aliphatic rings. The topological polar surface area (TPSA) is 76.7 Å². The van der Waals surface area contributed by atoms with Gasteiger partial charge in [-0.15, -0.1) is 0 Å². The first-order valence-electron chi connectivity index (χ1n) is 8.29. The summed E-state index contributed by atoms with van der Waals surface area (Å²) in [6.07, 6.45) is 0. The summed E-state index contributed by atoms with van der Waals surface area (Å²) in [6.45, 7) is 0. The summed E-state index contributed by atoms with van der Waals surface area (Å²) in [6, 6.07) is 7.79. The molecule has 6 nitrogen and oxygen atoms in total. The first-order valence-corrected chi connectivity index (χ1v) is 10.6. The lowest BCUT2D eigenvalue weighted by Crippen LogP contribution is -2.37. The number of ether oxygens (including phenoxy) is 2. The summed E-state index contributed by atoms with van der Waals surface area (Å²) in [4.78, 5) is 23.1. The summed E-state index contributed by atoms with van der Waals surface area (Å²) < 4.78 is 9.53. The Balaban J connectivity index is 2.45. The molecular weight excluding hydrogens is 372 g/mol. The van der Waals surface area contributed by atoms with Crippen LogP contribution in [0.5, 0.6) is 0 Å². The van der Waals surface area contributed by atoms with Crippen LogP contribution in [0.4, 0.5) is 0 Å². The second-order valence-corrected chi connectivity index (χ2v) is 7.64. The predicted octanol–water partition coefficient (Wildman–Crippen LogP) is 1.67. The third kappa shape index (κ3) is 7.99. The fraction of sp³-hybridized carbons (Fsp3) is 0.556. The molecule has 2 N–H and O–H groups in total. The molecule has 0 bridgehead atoms. The van der Waals surface area contributed by atoms with Crippen molar-refractivity contribution < 1.29 is 19.1 Å². The average molecular weight is 401 g/mol. The normalized spacial score (nSPS) is 13.1. The number of nitrogens with one attached hydrogen (secondary N) is 2. The van der Waals surface area contributed by atoms with Crippen molar-refractivity contribution in [1.82, 2.24) is 10.6 Å². The zero-order chi connectivity index (χ0) is 19.4. The molecule has 26 heavy (non-hydrogen) atoms. The number of benzene rings is 1. The van der Waals surface area contributed by atoms with Crippen LogP contribution in [-0.4, -0.2) is 63.8 Å². The van der Waals surface area contributed by atoms with Crippen molar-refractivity contribution in [3.8, 4) is 0 Å². The van der Waals surface area contributed by atoms with Crippen LogP contribution in [0, 0.1) is 0 Å². The first-order chi connectivity index (χ1) is 12.5. The van der Waals surface area contributed by atoms with Crippen LogP contribution in [0.15, 0.2) is 24.3 Å². The van der Waals surface area contributed by atoms with E-state index in [4.69, 9.17) is 9.47 Å². The number of carbonyl (C=O) groups is 2. The van der Waals surface area contributed by atoms with Crippen molar-refractivity contribution >= 4 is 35.5 Å². The first kappa shape index (κ1) is 22.8. The maximum atomic E-state index is 11.6. The minimum absolute atomic E-state index is 0.241. The Bertz CT molecular complexity index is 527. The summed E-state index contributed by atoms with van der Waals surface area (Å²) in [5, 5.41) is 5.93. The van der Waals surface area contributed by atoms with Crippen molar-refractivity contribution in [2.75, 3.05) is 39.8 Å². The molecule has 0 radical (unpaired) electrons. The molecule has 0 spiro atoms. The van der Waals surface area contributed by atoms with Gasteiger partial charge in [-0.1, -0.05) is 24.3 Å². The van der Waals surface area contributed by atoms with E-state index in [1.807, 2.05) is 6.07 Å². The second kappa shape index (κ2) is 13.0. The minimum atomic E-state index is -0.291. The molecule has 146 valence electrons. The van der Waals surface area contributed by atoms with Gasteiger partial charge in [-0.3, -0.25) is 9.59 Å².